The average Bonchev–Trinajstić information content (AvgIpc) is 2.94. The summed E-state index contributed by atoms with van der Waals surface area (Å²) in [6, 6.07) is 4.24. The first-order valence-corrected chi connectivity index (χ1v) is 5.72. The Morgan fingerprint density at radius 1 is 1.19 bits per heavy atom. The van der Waals surface area contributed by atoms with E-state index in [4.69, 9.17) is 0 Å². The number of benzene rings is 1. The van der Waals surface area contributed by atoms with Gasteiger partial charge in [-0.05, 0) is 30.5 Å². The summed E-state index contributed by atoms with van der Waals surface area (Å²) in [5.74, 6) is -0.961. The molecule has 0 heterocycles. The first kappa shape index (κ1) is 11.5. The zero-order valence-electron chi connectivity index (χ0n) is 9.69. The normalized spacial score (nSPS) is 17.8. The largest absolute Gasteiger partial charge is 0.314 e. The first-order chi connectivity index (χ1) is 7.52. The van der Waals surface area contributed by atoms with Crippen LogP contribution >= 0.6 is 0 Å². The molecule has 0 unspecified atom stereocenters. The minimum atomic E-state index is -0.481. The molecule has 0 aliphatic heterocycles. The maximum atomic E-state index is 13.1. The summed E-state index contributed by atoms with van der Waals surface area (Å²) < 4.78 is 26.2. The summed E-state index contributed by atoms with van der Waals surface area (Å²) in [4.78, 5) is 0. The van der Waals surface area contributed by atoms with Gasteiger partial charge in [-0.3, -0.25) is 0 Å². The standard InChI is InChI=1S/C13H17F2N/c1-9(2)16-8-13(3-4-13)10-5-11(14)7-12(15)6-10/h5-7,9,16H,3-4,8H2,1-2H3. The Morgan fingerprint density at radius 3 is 2.19 bits per heavy atom. The van der Waals surface area contributed by atoms with Crippen molar-refractivity contribution in [3.8, 4) is 0 Å². The number of hydrogen-bond acceptors (Lipinski definition) is 1. The predicted molar refractivity (Wildman–Crippen MR) is 60.4 cm³/mol. The van der Waals surface area contributed by atoms with Crippen LogP contribution in [0.25, 0.3) is 0 Å². The molecule has 0 amide bonds. The molecule has 1 nitrogen and oxygen atoms in total. The van der Waals surface area contributed by atoms with Gasteiger partial charge >= 0.3 is 0 Å². The highest BCUT2D eigenvalue weighted by Gasteiger charge is 2.44. The Bertz CT molecular complexity index is 363. The first-order valence-electron chi connectivity index (χ1n) is 5.72. The monoisotopic (exact) mass is 225 g/mol. The topological polar surface area (TPSA) is 12.0 Å². The van der Waals surface area contributed by atoms with Crippen molar-refractivity contribution in [3.63, 3.8) is 0 Å². The molecule has 2 rings (SSSR count). The van der Waals surface area contributed by atoms with E-state index < -0.39 is 11.6 Å². The van der Waals surface area contributed by atoms with Gasteiger partial charge in [0.05, 0.1) is 0 Å². The van der Waals surface area contributed by atoms with Crippen LogP contribution in [-0.4, -0.2) is 12.6 Å². The van der Waals surface area contributed by atoms with Crippen LogP contribution < -0.4 is 5.32 Å². The Balaban J connectivity index is 2.16. The van der Waals surface area contributed by atoms with E-state index in [2.05, 4.69) is 19.2 Å². The molecule has 0 radical (unpaired) electrons. The summed E-state index contributed by atoms with van der Waals surface area (Å²) in [7, 11) is 0. The average molecular weight is 225 g/mol. The summed E-state index contributed by atoms with van der Waals surface area (Å²) in [6.07, 6.45) is 2.02. The van der Waals surface area contributed by atoms with Crippen molar-refractivity contribution in [2.45, 2.75) is 38.1 Å². The van der Waals surface area contributed by atoms with E-state index in [0.29, 0.717) is 6.04 Å². The van der Waals surface area contributed by atoms with Gasteiger partial charge in [0.2, 0.25) is 0 Å². The summed E-state index contributed by atoms with van der Waals surface area (Å²) in [5.41, 5.74) is 0.755. The van der Waals surface area contributed by atoms with Gasteiger partial charge < -0.3 is 5.32 Å². The molecule has 0 aromatic heterocycles. The quantitative estimate of drug-likeness (QED) is 0.830. The molecule has 88 valence electrons. The third kappa shape index (κ3) is 2.40. The highest BCUT2D eigenvalue weighted by Crippen LogP contribution is 2.47. The summed E-state index contributed by atoms with van der Waals surface area (Å²) >= 11 is 0. The molecular weight excluding hydrogens is 208 g/mol. The van der Waals surface area contributed by atoms with E-state index in [9.17, 15) is 8.78 Å². The Labute approximate surface area is 94.9 Å². The Kier molecular flexibility index (Phi) is 2.98. The van der Waals surface area contributed by atoms with Crippen LogP contribution in [0.3, 0.4) is 0 Å². The van der Waals surface area contributed by atoms with Gasteiger partial charge in [-0.1, -0.05) is 13.8 Å². The van der Waals surface area contributed by atoms with E-state index in [1.807, 2.05) is 0 Å². The fourth-order valence-electron chi connectivity index (χ4n) is 1.98. The molecular formula is C13H17F2N. The van der Waals surface area contributed by atoms with Gasteiger partial charge in [-0.2, -0.15) is 0 Å². The third-order valence-electron chi connectivity index (χ3n) is 3.18. The van der Waals surface area contributed by atoms with Crippen molar-refractivity contribution in [1.29, 1.82) is 0 Å². The van der Waals surface area contributed by atoms with E-state index >= 15 is 0 Å². The molecule has 1 aromatic rings. The van der Waals surface area contributed by atoms with Crippen molar-refractivity contribution >= 4 is 0 Å². The lowest BCUT2D eigenvalue weighted by Gasteiger charge is -2.18. The van der Waals surface area contributed by atoms with Crippen LogP contribution in [0.1, 0.15) is 32.3 Å². The van der Waals surface area contributed by atoms with Crippen LogP contribution in [0, 0.1) is 11.6 Å². The molecule has 1 aromatic carbocycles. The van der Waals surface area contributed by atoms with Gasteiger partial charge in [0.25, 0.3) is 0 Å². The second-order valence-electron chi connectivity index (χ2n) is 4.97. The van der Waals surface area contributed by atoms with Gasteiger partial charge in [-0.25, -0.2) is 8.78 Å². The van der Waals surface area contributed by atoms with E-state index in [0.717, 1.165) is 31.0 Å². The minimum Gasteiger partial charge on any atom is -0.314 e. The minimum absolute atomic E-state index is 0.0345. The highest BCUT2D eigenvalue weighted by atomic mass is 19.1. The number of nitrogens with one attached hydrogen (secondary N) is 1. The van der Waals surface area contributed by atoms with Crippen LogP contribution in [0.15, 0.2) is 18.2 Å². The lowest BCUT2D eigenvalue weighted by Crippen LogP contribution is -2.32. The smallest absolute Gasteiger partial charge is 0.126 e. The maximum Gasteiger partial charge on any atom is 0.126 e. The van der Waals surface area contributed by atoms with Crippen LogP contribution in [0.2, 0.25) is 0 Å². The SMILES string of the molecule is CC(C)NCC1(c2cc(F)cc(F)c2)CC1. The molecule has 0 bridgehead atoms. The van der Waals surface area contributed by atoms with Gasteiger partial charge in [0, 0.05) is 24.1 Å². The lowest BCUT2D eigenvalue weighted by molar-refractivity contribution is 0.511. The number of rotatable bonds is 4. The van der Waals surface area contributed by atoms with Crippen LogP contribution in [0.5, 0.6) is 0 Å². The third-order valence-corrected chi connectivity index (χ3v) is 3.18. The number of halogens is 2. The molecule has 0 saturated heterocycles. The lowest BCUT2D eigenvalue weighted by atomic mass is 9.95. The van der Waals surface area contributed by atoms with Crippen molar-refractivity contribution in [2.24, 2.45) is 0 Å². The van der Waals surface area contributed by atoms with E-state index in [-0.39, 0.29) is 5.41 Å². The van der Waals surface area contributed by atoms with E-state index in [1.54, 1.807) is 0 Å². The second kappa shape index (κ2) is 4.13. The fraction of sp³-hybridized carbons (Fsp3) is 0.538. The van der Waals surface area contributed by atoms with Gasteiger partial charge in [0.15, 0.2) is 0 Å². The molecule has 0 atom stereocenters. The van der Waals surface area contributed by atoms with Crippen LogP contribution in [0.4, 0.5) is 8.78 Å². The molecule has 0 spiro atoms. The number of hydrogen-bond donors (Lipinski definition) is 1. The van der Waals surface area contributed by atoms with Crippen molar-refractivity contribution in [1.82, 2.24) is 5.32 Å². The second-order valence-corrected chi connectivity index (χ2v) is 4.97. The van der Waals surface area contributed by atoms with Gasteiger partial charge in [-0.15, -0.1) is 0 Å². The van der Waals surface area contributed by atoms with Crippen molar-refractivity contribution in [2.75, 3.05) is 6.54 Å². The van der Waals surface area contributed by atoms with Crippen LogP contribution in [-0.2, 0) is 5.41 Å². The van der Waals surface area contributed by atoms with Crippen molar-refractivity contribution in [3.05, 3.63) is 35.4 Å². The molecule has 1 aliphatic rings. The van der Waals surface area contributed by atoms with Crippen molar-refractivity contribution < 1.29 is 8.78 Å². The molecule has 1 N–H and O–H groups in total. The zero-order valence-corrected chi connectivity index (χ0v) is 9.69. The molecule has 16 heavy (non-hydrogen) atoms. The van der Waals surface area contributed by atoms with Gasteiger partial charge in [0.1, 0.15) is 11.6 Å². The Morgan fingerprint density at radius 2 is 1.75 bits per heavy atom. The zero-order chi connectivity index (χ0) is 11.8. The molecule has 1 aliphatic carbocycles. The summed E-state index contributed by atoms with van der Waals surface area (Å²) in [6.45, 7) is 4.94. The fourth-order valence-corrected chi connectivity index (χ4v) is 1.98. The molecule has 3 heteroatoms. The molecule has 1 fully saturated rings. The maximum absolute atomic E-state index is 13.1. The molecule has 1 saturated carbocycles. The Hall–Kier alpha value is -0.960. The summed E-state index contributed by atoms with van der Waals surface area (Å²) in [5, 5.41) is 3.34. The van der Waals surface area contributed by atoms with E-state index in [1.165, 1.54) is 12.1 Å². The predicted octanol–water partition coefficient (Wildman–Crippen LogP) is 2.99. The highest BCUT2D eigenvalue weighted by molar-refractivity contribution is 5.32.